The van der Waals surface area contributed by atoms with Crippen LogP contribution in [0, 0.1) is 5.82 Å². The lowest BCUT2D eigenvalue weighted by Gasteiger charge is -2.26. The lowest BCUT2D eigenvalue weighted by atomic mass is 10.0. The van der Waals surface area contributed by atoms with Gasteiger partial charge in [0.2, 0.25) is 10.0 Å². The first-order valence-corrected chi connectivity index (χ1v) is 12.0. The molecule has 0 spiro atoms. The van der Waals surface area contributed by atoms with Crippen LogP contribution in [0.15, 0.2) is 79.0 Å². The number of hydrogen-bond donors (Lipinski definition) is 1. The van der Waals surface area contributed by atoms with Crippen LogP contribution in [0.5, 0.6) is 5.75 Å². The zero-order chi connectivity index (χ0) is 22.7. The number of aromatic nitrogens is 2. The van der Waals surface area contributed by atoms with E-state index in [9.17, 15) is 12.8 Å². The minimum Gasteiger partial charge on any atom is -0.484 e. The lowest BCUT2D eigenvalue weighted by molar-refractivity contribution is 0.173. The maximum Gasteiger partial charge on any atom is 0.211 e. The molecule has 0 unspecified atom stereocenters. The van der Waals surface area contributed by atoms with Crippen LogP contribution in [0.1, 0.15) is 25.5 Å². The Balaban J connectivity index is 1.64. The molecule has 0 amide bonds. The first kappa shape index (κ1) is 22.0. The van der Waals surface area contributed by atoms with Gasteiger partial charge in [-0.3, -0.25) is 0 Å². The highest BCUT2D eigenvalue weighted by molar-refractivity contribution is 7.89. The number of hydrogen-bond acceptors (Lipinski definition) is 4. The standard InChI is InChI=1S/C24H24FN3O3S/c1-3-32(29,30)27-17(2)24(18-7-5-4-6-8-18)31-22-13-14-23-19(15-22)16-26-28(23)21-11-9-20(25)10-12-21/h4-17,24,27H,3H2,1-2H3/t17-,24+/m0/s1. The van der Waals surface area contributed by atoms with Gasteiger partial charge >= 0.3 is 0 Å². The van der Waals surface area contributed by atoms with Crippen LogP contribution < -0.4 is 9.46 Å². The fraction of sp³-hybridized carbons (Fsp3) is 0.208. The molecule has 0 bridgehead atoms. The average Bonchev–Trinajstić information content (AvgIpc) is 3.21. The minimum atomic E-state index is -3.40. The summed E-state index contributed by atoms with van der Waals surface area (Å²) in [5.41, 5.74) is 2.46. The molecule has 3 aromatic carbocycles. The third-order valence-electron chi connectivity index (χ3n) is 5.20. The van der Waals surface area contributed by atoms with Gasteiger partial charge in [0.1, 0.15) is 17.7 Å². The van der Waals surface area contributed by atoms with Gasteiger partial charge in [0.05, 0.1) is 29.2 Å². The molecular weight excluding hydrogens is 429 g/mol. The van der Waals surface area contributed by atoms with E-state index in [-0.39, 0.29) is 11.6 Å². The number of nitrogens with zero attached hydrogens (tertiary/aromatic N) is 2. The summed E-state index contributed by atoms with van der Waals surface area (Å²) in [6.45, 7) is 3.39. The number of fused-ring (bicyclic) bond motifs is 1. The van der Waals surface area contributed by atoms with Crippen molar-refractivity contribution in [1.29, 1.82) is 0 Å². The van der Waals surface area contributed by atoms with Gasteiger partial charge in [0, 0.05) is 5.39 Å². The van der Waals surface area contributed by atoms with Gasteiger partial charge in [-0.15, -0.1) is 0 Å². The summed E-state index contributed by atoms with van der Waals surface area (Å²) in [6, 6.07) is 20.7. The summed E-state index contributed by atoms with van der Waals surface area (Å²) in [7, 11) is -3.40. The van der Waals surface area contributed by atoms with Crippen molar-refractivity contribution in [2.75, 3.05) is 5.75 Å². The molecule has 0 fully saturated rings. The molecule has 0 radical (unpaired) electrons. The predicted molar refractivity (Wildman–Crippen MR) is 123 cm³/mol. The summed E-state index contributed by atoms with van der Waals surface area (Å²) >= 11 is 0. The van der Waals surface area contributed by atoms with E-state index in [0.717, 1.165) is 22.2 Å². The normalized spacial score (nSPS) is 13.7. The Morgan fingerprint density at radius 1 is 1.06 bits per heavy atom. The minimum absolute atomic E-state index is 0.00657. The molecule has 8 heteroatoms. The van der Waals surface area contributed by atoms with E-state index < -0.39 is 22.2 Å². The van der Waals surface area contributed by atoms with Crippen molar-refractivity contribution in [1.82, 2.24) is 14.5 Å². The zero-order valence-corrected chi connectivity index (χ0v) is 18.6. The number of rotatable bonds is 8. The van der Waals surface area contributed by atoms with Gasteiger partial charge in [-0.1, -0.05) is 30.3 Å². The largest absolute Gasteiger partial charge is 0.484 e. The quantitative estimate of drug-likeness (QED) is 0.423. The van der Waals surface area contributed by atoms with Crippen molar-refractivity contribution < 1.29 is 17.5 Å². The van der Waals surface area contributed by atoms with Crippen LogP contribution in [0.2, 0.25) is 0 Å². The number of sulfonamides is 1. The van der Waals surface area contributed by atoms with Crippen molar-refractivity contribution in [3.05, 3.63) is 90.4 Å². The van der Waals surface area contributed by atoms with E-state index in [4.69, 9.17) is 4.74 Å². The van der Waals surface area contributed by atoms with E-state index in [1.807, 2.05) is 48.5 Å². The van der Waals surface area contributed by atoms with Crippen LogP contribution in [-0.2, 0) is 10.0 Å². The maximum atomic E-state index is 13.3. The van der Waals surface area contributed by atoms with Crippen LogP contribution in [0.25, 0.3) is 16.6 Å². The molecule has 6 nitrogen and oxygen atoms in total. The van der Waals surface area contributed by atoms with Gasteiger partial charge in [0.15, 0.2) is 0 Å². The summed E-state index contributed by atoms with van der Waals surface area (Å²) in [5, 5.41) is 5.26. The molecule has 0 aliphatic heterocycles. The summed E-state index contributed by atoms with van der Waals surface area (Å²) < 4.78 is 48.2. The fourth-order valence-electron chi connectivity index (χ4n) is 3.55. The molecule has 1 N–H and O–H groups in total. The van der Waals surface area contributed by atoms with E-state index in [1.54, 1.807) is 36.9 Å². The maximum absolute atomic E-state index is 13.3. The number of nitrogens with one attached hydrogen (secondary N) is 1. The van der Waals surface area contributed by atoms with Crippen molar-refractivity contribution in [2.24, 2.45) is 0 Å². The van der Waals surface area contributed by atoms with Crippen LogP contribution in [-0.4, -0.2) is 30.0 Å². The molecule has 0 saturated carbocycles. The van der Waals surface area contributed by atoms with Crippen molar-refractivity contribution in [2.45, 2.75) is 26.0 Å². The van der Waals surface area contributed by atoms with Gasteiger partial charge in [-0.05, 0) is 61.9 Å². The Morgan fingerprint density at radius 2 is 1.78 bits per heavy atom. The van der Waals surface area contributed by atoms with Crippen molar-refractivity contribution >= 4 is 20.9 Å². The Labute approximate surface area is 186 Å². The highest BCUT2D eigenvalue weighted by Gasteiger charge is 2.25. The second-order valence-corrected chi connectivity index (χ2v) is 9.56. The first-order valence-electron chi connectivity index (χ1n) is 10.3. The van der Waals surface area contributed by atoms with Gasteiger partial charge in [-0.2, -0.15) is 5.10 Å². The molecule has 4 rings (SSSR count). The van der Waals surface area contributed by atoms with Crippen LogP contribution in [0.4, 0.5) is 4.39 Å². The van der Waals surface area contributed by atoms with E-state index in [1.165, 1.54) is 12.1 Å². The van der Waals surface area contributed by atoms with Crippen LogP contribution >= 0.6 is 0 Å². The number of benzene rings is 3. The van der Waals surface area contributed by atoms with E-state index >= 15 is 0 Å². The smallest absolute Gasteiger partial charge is 0.211 e. The lowest BCUT2D eigenvalue weighted by Crippen LogP contribution is -2.39. The fourth-order valence-corrected chi connectivity index (χ4v) is 4.41. The molecule has 0 saturated heterocycles. The first-order chi connectivity index (χ1) is 15.4. The highest BCUT2D eigenvalue weighted by atomic mass is 32.2. The molecule has 32 heavy (non-hydrogen) atoms. The number of ether oxygens (including phenoxy) is 1. The Hall–Kier alpha value is -3.23. The summed E-state index contributed by atoms with van der Waals surface area (Å²) in [6.07, 6.45) is 1.19. The van der Waals surface area contributed by atoms with Gasteiger partial charge < -0.3 is 4.74 Å². The van der Waals surface area contributed by atoms with Gasteiger partial charge in [-0.25, -0.2) is 22.2 Å². The van der Waals surface area contributed by atoms with Crippen LogP contribution in [0.3, 0.4) is 0 Å². The molecule has 166 valence electrons. The Bertz CT molecular complexity index is 1310. The molecule has 0 aliphatic carbocycles. The van der Waals surface area contributed by atoms with Crippen molar-refractivity contribution in [3.8, 4) is 11.4 Å². The number of halogens is 1. The summed E-state index contributed by atoms with van der Waals surface area (Å²) in [4.78, 5) is 0. The van der Waals surface area contributed by atoms with E-state index in [2.05, 4.69) is 9.82 Å². The monoisotopic (exact) mass is 453 g/mol. The Kier molecular flexibility index (Phi) is 6.25. The van der Waals surface area contributed by atoms with E-state index in [0.29, 0.717) is 5.75 Å². The predicted octanol–water partition coefficient (Wildman–Crippen LogP) is 4.61. The average molecular weight is 454 g/mol. The molecule has 1 aromatic heterocycles. The highest BCUT2D eigenvalue weighted by Crippen LogP contribution is 2.29. The molecule has 0 aliphatic rings. The molecular formula is C24H24FN3O3S. The third-order valence-corrected chi connectivity index (χ3v) is 6.69. The Morgan fingerprint density at radius 3 is 2.47 bits per heavy atom. The van der Waals surface area contributed by atoms with Crippen molar-refractivity contribution in [3.63, 3.8) is 0 Å². The zero-order valence-electron chi connectivity index (χ0n) is 17.8. The molecule has 4 aromatic rings. The molecule has 1 heterocycles. The SMILES string of the molecule is CCS(=O)(=O)N[C@@H](C)[C@@H](Oc1ccc2c(cnn2-c2ccc(F)cc2)c1)c1ccccc1. The molecule has 2 atom stereocenters. The summed E-state index contributed by atoms with van der Waals surface area (Å²) in [5.74, 6) is 0.279. The third kappa shape index (κ3) is 4.81. The van der Waals surface area contributed by atoms with Gasteiger partial charge in [0.25, 0.3) is 0 Å². The second kappa shape index (κ2) is 9.10. The topological polar surface area (TPSA) is 73.2 Å². The second-order valence-electron chi connectivity index (χ2n) is 7.51.